The lowest BCUT2D eigenvalue weighted by atomic mass is 10.0. The van der Waals surface area contributed by atoms with Crippen molar-refractivity contribution in [2.24, 2.45) is 4.99 Å². The van der Waals surface area contributed by atoms with Crippen molar-refractivity contribution in [3.05, 3.63) is 59.4 Å². The molecule has 1 saturated heterocycles. The third kappa shape index (κ3) is 7.51. The number of nitrogens with one attached hydrogen (secondary N) is 2. The first-order valence-electron chi connectivity index (χ1n) is 11.0. The number of likely N-dealkylation sites (tertiary alicyclic amines) is 1. The van der Waals surface area contributed by atoms with E-state index in [1.165, 1.54) is 11.6 Å². The molecule has 1 aromatic carbocycles. The third-order valence-corrected chi connectivity index (χ3v) is 5.16. The van der Waals surface area contributed by atoms with E-state index in [0.29, 0.717) is 11.4 Å². The molecule has 1 aliphatic carbocycles. The van der Waals surface area contributed by atoms with Gasteiger partial charge in [0.15, 0.2) is 0 Å². The molecule has 0 aromatic heterocycles. The topological polar surface area (TPSA) is 66.0 Å². The largest absolute Gasteiger partial charge is 0.443 e. The number of piperidine rings is 1. The Morgan fingerprint density at radius 1 is 1.19 bits per heavy atom. The van der Waals surface area contributed by atoms with Gasteiger partial charge in [-0.3, -0.25) is 15.3 Å². The number of carbonyl (C=O) groups is 1. The minimum absolute atomic E-state index is 0.0506. The number of allylic oxidation sites excluding steroid dienone is 2. The number of hydrogen-bond acceptors (Lipinski definition) is 4. The second-order valence-electron chi connectivity index (χ2n) is 8.98. The number of halogens is 1. The van der Waals surface area contributed by atoms with Gasteiger partial charge in [0.25, 0.3) is 0 Å². The van der Waals surface area contributed by atoms with Crippen LogP contribution >= 0.6 is 0 Å². The van der Waals surface area contributed by atoms with Crippen molar-refractivity contribution in [3.8, 4) is 0 Å². The fourth-order valence-corrected chi connectivity index (χ4v) is 3.67. The van der Waals surface area contributed by atoms with Crippen molar-refractivity contribution in [3.63, 3.8) is 0 Å². The molecule has 1 amide bonds. The average Bonchev–Trinajstić information content (AvgIpc) is 2.72. The van der Waals surface area contributed by atoms with Gasteiger partial charge >= 0.3 is 6.09 Å². The first-order valence-corrected chi connectivity index (χ1v) is 11.0. The molecule has 2 aliphatic rings. The maximum atomic E-state index is 14.4. The number of hydrazine groups is 1. The van der Waals surface area contributed by atoms with Gasteiger partial charge in [-0.1, -0.05) is 30.4 Å². The maximum absolute atomic E-state index is 14.4. The van der Waals surface area contributed by atoms with Crippen LogP contribution in [0.4, 0.5) is 9.18 Å². The highest BCUT2D eigenvalue weighted by atomic mass is 19.1. The Bertz CT molecular complexity index is 849. The molecule has 0 radical (unpaired) electrons. The molecule has 1 fully saturated rings. The van der Waals surface area contributed by atoms with Crippen LogP contribution in [0.15, 0.2) is 53.1 Å². The van der Waals surface area contributed by atoms with Crippen molar-refractivity contribution >= 4 is 11.9 Å². The number of benzene rings is 1. The van der Waals surface area contributed by atoms with Crippen molar-refractivity contribution in [2.75, 3.05) is 19.6 Å². The molecule has 0 unspecified atom stereocenters. The standard InChI is InChI=1S/C24H33FN4O2/c1-24(2,3)31-23(30)28-27-22(20-11-7-8-12-21(20)25)26-19-13-15-29(16-14-19)17-18-9-5-4-6-10-18/h5,7-12,19H,4,6,13-17H2,1-3H3,(H,26,27)(H,28,30). The van der Waals surface area contributed by atoms with Crippen LogP contribution in [-0.4, -0.2) is 48.1 Å². The summed E-state index contributed by atoms with van der Waals surface area (Å²) in [6.45, 7) is 8.18. The smallest absolute Gasteiger partial charge is 0.426 e. The molecule has 2 N–H and O–H groups in total. The molecule has 0 saturated carbocycles. The third-order valence-electron chi connectivity index (χ3n) is 5.16. The van der Waals surface area contributed by atoms with Crippen LogP contribution in [0, 0.1) is 5.82 Å². The molecule has 0 bridgehead atoms. The van der Waals surface area contributed by atoms with Gasteiger partial charge in [0.05, 0.1) is 11.6 Å². The first kappa shape index (κ1) is 23.0. The van der Waals surface area contributed by atoms with E-state index in [-0.39, 0.29) is 6.04 Å². The fraction of sp³-hybridized carbons (Fsp3) is 0.500. The van der Waals surface area contributed by atoms with E-state index in [4.69, 9.17) is 9.73 Å². The summed E-state index contributed by atoms with van der Waals surface area (Å²) in [7, 11) is 0. The van der Waals surface area contributed by atoms with Gasteiger partial charge in [-0.25, -0.2) is 14.6 Å². The number of carbonyl (C=O) groups excluding carboxylic acids is 1. The van der Waals surface area contributed by atoms with Gasteiger partial charge in [0.1, 0.15) is 17.3 Å². The van der Waals surface area contributed by atoms with Crippen LogP contribution in [0.2, 0.25) is 0 Å². The second kappa shape index (κ2) is 10.6. The lowest BCUT2D eigenvalue weighted by Crippen LogP contribution is -2.45. The molecule has 3 rings (SSSR count). The minimum atomic E-state index is -0.639. The van der Waals surface area contributed by atoms with E-state index in [1.54, 1.807) is 39.0 Å². The lowest BCUT2D eigenvalue weighted by molar-refractivity contribution is 0.0513. The van der Waals surface area contributed by atoms with Gasteiger partial charge in [-0.15, -0.1) is 0 Å². The lowest BCUT2D eigenvalue weighted by Gasteiger charge is -2.31. The minimum Gasteiger partial charge on any atom is -0.443 e. The van der Waals surface area contributed by atoms with Gasteiger partial charge in [-0.2, -0.15) is 0 Å². The Morgan fingerprint density at radius 2 is 1.94 bits per heavy atom. The van der Waals surface area contributed by atoms with Gasteiger partial charge in [0.2, 0.25) is 0 Å². The number of amidine groups is 1. The summed E-state index contributed by atoms with van der Waals surface area (Å²) in [6, 6.07) is 6.46. The molecule has 31 heavy (non-hydrogen) atoms. The Balaban J connectivity index is 1.63. The number of ether oxygens (including phenoxy) is 1. The molecular weight excluding hydrogens is 395 g/mol. The Hall–Kier alpha value is -2.67. The molecule has 0 spiro atoms. The molecule has 1 aromatic rings. The molecule has 0 atom stereocenters. The van der Waals surface area contributed by atoms with Crippen LogP contribution < -0.4 is 10.9 Å². The van der Waals surface area contributed by atoms with Gasteiger partial charge < -0.3 is 4.74 Å². The fourth-order valence-electron chi connectivity index (χ4n) is 3.67. The highest BCUT2D eigenvalue weighted by Crippen LogP contribution is 2.19. The van der Waals surface area contributed by atoms with Crippen molar-refractivity contribution in [2.45, 2.75) is 58.1 Å². The van der Waals surface area contributed by atoms with Gasteiger partial charge in [0, 0.05) is 19.6 Å². The average molecular weight is 429 g/mol. The summed E-state index contributed by atoms with van der Waals surface area (Å²) in [5, 5.41) is 0. The molecule has 168 valence electrons. The number of rotatable bonds is 4. The summed E-state index contributed by atoms with van der Waals surface area (Å²) < 4.78 is 19.7. The summed E-state index contributed by atoms with van der Waals surface area (Å²) in [4.78, 5) is 19.2. The molecule has 7 heteroatoms. The SMILES string of the molecule is CC(C)(C)OC(=O)NNC(=NC1CCN(CC2=CCCC=C2)CC1)c1ccccc1F. The van der Waals surface area contributed by atoms with Crippen molar-refractivity contribution in [1.29, 1.82) is 0 Å². The van der Waals surface area contributed by atoms with E-state index in [0.717, 1.165) is 45.3 Å². The van der Waals surface area contributed by atoms with Crippen LogP contribution in [0.3, 0.4) is 0 Å². The second-order valence-corrected chi connectivity index (χ2v) is 8.98. The normalized spacial score (nSPS) is 18.5. The summed E-state index contributed by atoms with van der Waals surface area (Å²) in [6.07, 6.45) is 10.1. The molecule has 1 aliphatic heterocycles. The zero-order valence-corrected chi connectivity index (χ0v) is 18.7. The van der Waals surface area contributed by atoms with E-state index in [9.17, 15) is 9.18 Å². The highest BCUT2D eigenvalue weighted by molar-refractivity contribution is 5.99. The van der Waals surface area contributed by atoms with E-state index < -0.39 is 17.5 Å². The summed E-state index contributed by atoms with van der Waals surface area (Å²) >= 11 is 0. The number of nitrogens with zero attached hydrogens (tertiary/aromatic N) is 2. The van der Waals surface area contributed by atoms with E-state index in [2.05, 4.69) is 34.0 Å². The number of hydrogen-bond donors (Lipinski definition) is 2. The van der Waals surface area contributed by atoms with Gasteiger partial charge in [-0.05, 0) is 64.2 Å². The summed E-state index contributed by atoms with van der Waals surface area (Å²) in [5.74, 6) is -0.0893. The molecule has 1 heterocycles. The predicted molar refractivity (Wildman–Crippen MR) is 121 cm³/mol. The van der Waals surface area contributed by atoms with E-state index in [1.807, 2.05) is 0 Å². The molecular formula is C24H33FN4O2. The Morgan fingerprint density at radius 3 is 2.58 bits per heavy atom. The Kier molecular flexibility index (Phi) is 7.85. The van der Waals surface area contributed by atoms with Crippen LogP contribution in [-0.2, 0) is 4.74 Å². The van der Waals surface area contributed by atoms with Crippen LogP contribution in [0.5, 0.6) is 0 Å². The predicted octanol–water partition coefficient (Wildman–Crippen LogP) is 4.34. The zero-order valence-electron chi connectivity index (χ0n) is 18.7. The van der Waals surface area contributed by atoms with Crippen molar-refractivity contribution in [1.82, 2.24) is 15.8 Å². The zero-order chi connectivity index (χ0) is 22.3. The monoisotopic (exact) mass is 428 g/mol. The van der Waals surface area contributed by atoms with E-state index >= 15 is 0 Å². The number of amides is 1. The Labute approximate surface area is 184 Å². The van der Waals surface area contributed by atoms with Crippen LogP contribution in [0.1, 0.15) is 52.0 Å². The maximum Gasteiger partial charge on any atom is 0.426 e. The van der Waals surface area contributed by atoms with Crippen molar-refractivity contribution < 1.29 is 13.9 Å². The highest BCUT2D eigenvalue weighted by Gasteiger charge is 2.22. The first-order chi connectivity index (χ1) is 14.8. The quantitative estimate of drug-likeness (QED) is 0.425. The number of aliphatic imine (C=N–C) groups is 1. The molecule has 6 nitrogen and oxygen atoms in total. The van der Waals surface area contributed by atoms with Crippen LogP contribution in [0.25, 0.3) is 0 Å². The summed E-state index contributed by atoms with van der Waals surface area (Å²) in [5.41, 5.74) is 6.33.